The highest BCUT2D eigenvalue weighted by molar-refractivity contribution is 7.11. The maximum atomic E-state index is 4.97. The van der Waals surface area contributed by atoms with Crippen LogP contribution in [0.2, 0.25) is 0 Å². The Hall–Kier alpha value is -0.520. The minimum Gasteiger partial charge on any atom is -0.377 e. The van der Waals surface area contributed by atoms with Crippen molar-refractivity contribution in [3.05, 3.63) is 10.0 Å². The molecule has 80 valence electrons. The van der Waals surface area contributed by atoms with E-state index in [2.05, 4.69) is 29.4 Å². The first-order valence-electron chi connectivity index (χ1n) is 4.73. The average molecular weight is 215 g/mol. The number of rotatable bonds is 6. The van der Waals surface area contributed by atoms with Gasteiger partial charge in [-0.15, -0.1) is 10.2 Å². The molecule has 14 heavy (non-hydrogen) atoms. The summed E-state index contributed by atoms with van der Waals surface area (Å²) >= 11 is 1.60. The molecule has 0 aliphatic heterocycles. The van der Waals surface area contributed by atoms with Crippen LogP contribution < -0.4 is 5.32 Å². The van der Waals surface area contributed by atoms with Crippen molar-refractivity contribution in [3.8, 4) is 0 Å². The second-order valence-electron chi connectivity index (χ2n) is 3.55. The summed E-state index contributed by atoms with van der Waals surface area (Å²) in [4.78, 5) is 0. The fourth-order valence-electron chi connectivity index (χ4n) is 1.01. The van der Waals surface area contributed by atoms with Gasteiger partial charge in [-0.3, -0.25) is 0 Å². The molecule has 0 atom stereocenters. The maximum Gasteiger partial charge on any atom is 0.143 e. The van der Waals surface area contributed by atoms with Gasteiger partial charge < -0.3 is 10.1 Å². The van der Waals surface area contributed by atoms with E-state index in [0.29, 0.717) is 12.5 Å². The molecule has 0 aliphatic carbocycles. The first-order chi connectivity index (χ1) is 6.72. The SMILES string of the molecule is COCc1nnc(CNCC(C)C)s1. The van der Waals surface area contributed by atoms with Gasteiger partial charge in [0, 0.05) is 13.7 Å². The Morgan fingerprint density at radius 3 is 2.71 bits per heavy atom. The topological polar surface area (TPSA) is 47.0 Å². The van der Waals surface area contributed by atoms with Gasteiger partial charge >= 0.3 is 0 Å². The van der Waals surface area contributed by atoms with Gasteiger partial charge in [0.2, 0.25) is 0 Å². The van der Waals surface area contributed by atoms with Crippen molar-refractivity contribution in [2.24, 2.45) is 5.92 Å². The molecule has 1 N–H and O–H groups in total. The number of hydrogen-bond donors (Lipinski definition) is 1. The third-order valence-corrected chi connectivity index (χ3v) is 2.50. The normalized spacial score (nSPS) is 11.1. The van der Waals surface area contributed by atoms with Crippen LogP contribution in [0.1, 0.15) is 23.9 Å². The molecule has 1 aromatic heterocycles. The van der Waals surface area contributed by atoms with Crippen molar-refractivity contribution in [2.45, 2.75) is 27.0 Å². The summed E-state index contributed by atoms with van der Waals surface area (Å²) < 4.78 is 4.97. The molecule has 4 nitrogen and oxygen atoms in total. The van der Waals surface area contributed by atoms with Crippen LogP contribution in [0, 0.1) is 5.92 Å². The average Bonchev–Trinajstić information content (AvgIpc) is 2.53. The van der Waals surface area contributed by atoms with E-state index < -0.39 is 0 Å². The van der Waals surface area contributed by atoms with Crippen LogP contribution in [0.25, 0.3) is 0 Å². The zero-order chi connectivity index (χ0) is 10.4. The van der Waals surface area contributed by atoms with Crippen molar-refractivity contribution in [2.75, 3.05) is 13.7 Å². The van der Waals surface area contributed by atoms with E-state index in [9.17, 15) is 0 Å². The Balaban J connectivity index is 2.28. The molecule has 0 aliphatic rings. The zero-order valence-corrected chi connectivity index (χ0v) is 9.73. The molecular weight excluding hydrogens is 198 g/mol. The fourth-order valence-corrected chi connectivity index (χ4v) is 1.80. The predicted molar refractivity (Wildman–Crippen MR) is 57.2 cm³/mol. The van der Waals surface area contributed by atoms with E-state index in [4.69, 9.17) is 4.74 Å². The lowest BCUT2D eigenvalue weighted by atomic mass is 10.2. The molecule has 0 aromatic carbocycles. The number of nitrogens with one attached hydrogen (secondary N) is 1. The Morgan fingerprint density at radius 2 is 2.07 bits per heavy atom. The predicted octanol–water partition coefficient (Wildman–Crippen LogP) is 1.43. The van der Waals surface area contributed by atoms with Gasteiger partial charge in [0.15, 0.2) is 0 Å². The minimum absolute atomic E-state index is 0.557. The van der Waals surface area contributed by atoms with Gasteiger partial charge in [-0.05, 0) is 12.5 Å². The maximum absolute atomic E-state index is 4.97. The monoisotopic (exact) mass is 215 g/mol. The second-order valence-corrected chi connectivity index (χ2v) is 4.69. The molecule has 1 heterocycles. The molecule has 0 spiro atoms. The lowest BCUT2D eigenvalue weighted by Gasteiger charge is -2.03. The first kappa shape index (κ1) is 11.6. The van der Waals surface area contributed by atoms with Crippen molar-refractivity contribution in [3.63, 3.8) is 0 Å². The Kier molecular flexibility index (Phi) is 5.00. The van der Waals surface area contributed by atoms with Gasteiger partial charge in [-0.1, -0.05) is 25.2 Å². The van der Waals surface area contributed by atoms with Crippen molar-refractivity contribution in [1.82, 2.24) is 15.5 Å². The summed E-state index contributed by atoms with van der Waals surface area (Å²) in [7, 11) is 1.66. The van der Waals surface area contributed by atoms with Crippen LogP contribution in [-0.4, -0.2) is 23.9 Å². The third kappa shape index (κ3) is 4.13. The third-order valence-electron chi connectivity index (χ3n) is 1.61. The molecule has 0 amide bonds. The van der Waals surface area contributed by atoms with E-state index in [-0.39, 0.29) is 0 Å². The van der Waals surface area contributed by atoms with E-state index >= 15 is 0 Å². The van der Waals surface area contributed by atoms with Gasteiger partial charge in [-0.2, -0.15) is 0 Å². The highest BCUT2D eigenvalue weighted by Crippen LogP contribution is 2.09. The number of ether oxygens (including phenoxy) is 1. The molecule has 1 aromatic rings. The van der Waals surface area contributed by atoms with Crippen LogP contribution in [0.5, 0.6) is 0 Å². The quantitative estimate of drug-likeness (QED) is 0.780. The standard InChI is InChI=1S/C9H17N3OS/c1-7(2)4-10-5-8-11-12-9(14-8)6-13-3/h7,10H,4-6H2,1-3H3. The van der Waals surface area contributed by atoms with Gasteiger partial charge in [-0.25, -0.2) is 0 Å². The Labute approximate surface area is 88.7 Å². The summed E-state index contributed by atoms with van der Waals surface area (Å²) in [5.74, 6) is 0.668. The largest absolute Gasteiger partial charge is 0.377 e. The van der Waals surface area contributed by atoms with Crippen molar-refractivity contribution < 1.29 is 4.74 Å². The first-order valence-corrected chi connectivity index (χ1v) is 5.55. The van der Waals surface area contributed by atoms with Crippen LogP contribution in [0.15, 0.2) is 0 Å². The molecule has 0 bridgehead atoms. The molecule has 5 heteroatoms. The number of methoxy groups -OCH3 is 1. The van der Waals surface area contributed by atoms with Crippen LogP contribution in [-0.2, 0) is 17.9 Å². The fraction of sp³-hybridized carbons (Fsp3) is 0.778. The number of hydrogen-bond acceptors (Lipinski definition) is 5. The summed E-state index contributed by atoms with van der Waals surface area (Å²) in [5, 5.41) is 13.4. The smallest absolute Gasteiger partial charge is 0.143 e. The molecule has 0 saturated carbocycles. The molecule has 0 fully saturated rings. The molecule has 0 radical (unpaired) electrons. The zero-order valence-electron chi connectivity index (χ0n) is 8.91. The van der Waals surface area contributed by atoms with E-state index in [0.717, 1.165) is 23.1 Å². The highest BCUT2D eigenvalue weighted by atomic mass is 32.1. The lowest BCUT2D eigenvalue weighted by Crippen LogP contribution is -2.18. The molecule has 0 saturated heterocycles. The second kappa shape index (κ2) is 6.06. The molecule has 1 rings (SSSR count). The lowest BCUT2D eigenvalue weighted by molar-refractivity contribution is 0.184. The van der Waals surface area contributed by atoms with E-state index in [1.807, 2.05) is 0 Å². The van der Waals surface area contributed by atoms with Crippen molar-refractivity contribution >= 4 is 11.3 Å². The van der Waals surface area contributed by atoms with Gasteiger partial charge in [0.1, 0.15) is 10.0 Å². The van der Waals surface area contributed by atoms with Crippen LogP contribution in [0.4, 0.5) is 0 Å². The van der Waals surface area contributed by atoms with E-state index in [1.165, 1.54) is 0 Å². The minimum atomic E-state index is 0.557. The molecule has 0 unspecified atom stereocenters. The highest BCUT2D eigenvalue weighted by Gasteiger charge is 2.03. The number of aromatic nitrogens is 2. The van der Waals surface area contributed by atoms with Crippen LogP contribution >= 0.6 is 11.3 Å². The Bertz CT molecular complexity index is 262. The summed E-state index contributed by atoms with van der Waals surface area (Å²) in [6, 6.07) is 0. The van der Waals surface area contributed by atoms with Crippen LogP contribution in [0.3, 0.4) is 0 Å². The number of nitrogens with zero attached hydrogens (tertiary/aromatic N) is 2. The summed E-state index contributed by atoms with van der Waals surface area (Å²) in [6.07, 6.45) is 0. The van der Waals surface area contributed by atoms with Gasteiger partial charge in [0.05, 0.1) is 6.61 Å². The van der Waals surface area contributed by atoms with E-state index in [1.54, 1.807) is 18.4 Å². The van der Waals surface area contributed by atoms with Crippen molar-refractivity contribution in [1.29, 1.82) is 0 Å². The summed E-state index contributed by atoms with van der Waals surface area (Å²) in [6.45, 7) is 6.74. The Morgan fingerprint density at radius 1 is 1.36 bits per heavy atom. The summed E-state index contributed by atoms with van der Waals surface area (Å²) in [5.41, 5.74) is 0. The van der Waals surface area contributed by atoms with Gasteiger partial charge in [0.25, 0.3) is 0 Å². The molecular formula is C9H17N3OS.